The zero-order valence-corrected chi connectivity index (χ0v) is 19.1. The van der Waals surface area contributed by atoms with Crippen molar-refractivity contribution in [3.63, 3.8) is 0 Å². The van der Waals surface area contributed by atoms with Gasteiger partial charge in [0.25, 0.3) is 0 Å². The van der Waals surface area contributed by atoms with Gasteiger partial charge in [0.1, 0.15) is 35.7 Å². The molecule has 0 aliphatic carbocycles. The van der Waals surface area contributed by atoms with E-state index in [9.17, 15) is 18.1 Å². The van der Waals surface area contributed by atoms with E-state index >= 15 is 0 Å². The smallest absolute Gasteiger partial charge is 0.216 e. The third kappa shape index (κ3) is 4.39. The predicted octanol–water partition coefficient (Wildman–Crippen LogP) is 4.79. The maximum absolute atomic E-state index is 13.3. The molecule has 1 aliphatic heterocycles. The number of hydrogen-bond donors (Lipinski definition) is 0. The Morgan fingerprint density at radius 2 is 1.71 bits per heavy atom. The first-order chi connectivity index (χ1) is 17.0. The first-order valence-electron chi connectivity index (χ1n) is 10.6. The lowest BCUT2D eigenvalue weighted by Gasteiger charge is -2.18. The summed E-state index contributed by atoms with van der Waals surface area (Å²) in [5, 5.41) is 14.4. The molecule has 9 heteroatoms. The Bertz CT molecular complexity index is 1570. The summed E-state index contributed by atoms with van der Waals surface area (Å²) in [6.07, 6.45) is 2.93. The molecule has 5 rings (SSSR count). The topological polar surface area (TPSA) is 94.2 Å². The van der Waals surface area contributed by atoms with Crippen LogP contribution in [0.1, 0.15) is 5.56 Å². The van der Waals surface area contributed by atoms with Crippen LogP contribution in [0.3, 0.4) is 0 Å². The van der Waals surface area contributed by atoms with Gasteiger partial charge in [-0.15, -0.1) is 0 Å². The number of halogens is 1. The molecule has 4 aromatic rings. The van der Waals surface area contributed by atoms with Crippen molar-refractivity contribution in [2.45, 2.75) is 4.90 Å². The Labute approximate surface area is 201 Å². The van der Waals surface area contributed by atoms with Crippen molar-refractivity contribution >= 4 is 15.9 Å². The van der Waals surface area contributed by atoms with Crippen LogP contribution in [0.5, 0.6) is 11.5 Å². The molecule has 0 atom stereocenters. The number of benzene rings is 3. The third-order valence-electron chi connectivity index (χ3n) is 5.39. The van der Waals surface area contributed by atoms with Crippen LogP contribution in [0.25, 0.3) is 23.0 Å². The van der Waals surface area contributed by atoms with Crippen LogP contribution >= 0.6 is 0 Å². The molecular formula is C26H18FN3O4S. The van der Waals surface area contributed by atoms with E-state index in [4.69, 9.17) is 9.47 Å². The minimum atomic E-state index is -4.18. The minimum Gasteiger partial charge on any atom is -0.486 e. The van der Waals surface area contributed by atoms with Gasteiger partial charge in [0, 0.05) is 17.3 Å². The SMILES string of the molecule is N#CC(=Cc1cn(-c2ccccc2)nc1-c1ccc2c(c1)OCCO2)S(=O)(=O)c1ccc(F)cc1. The van der Waals surface area contributed by atoms with E-state index in [1.807, 2.05) is 30.3 Å². The van der Waals surface area contributed by atoms with E-state index in [0.29, 0.717) is 41.5 Å². The van der Waals surface area contributed by atoms with Crippen molar-refractivity contribution in [1.29, 1.82) is 5.26 Å². The number of aromatic nitrogens is 2. The largest absolute Gasteiger partial charge is 0.486 e. The monoisotopic (exact) mass is 487 g/mol. The van der Waals surface area contributed by atoms with E-state index in [1.54, 1.807) is 35.1 Å². The lowest BCUT2D eigenvalue weighted by molar-refractivity contribution is 0.171. The molecule has 1 aromatic heterocycles. The average molecular weight is 488 g/mol. The standard InChI is InChI=1S/C26H18FN3O4S/c27-20-7-9-22(10-8-20)35(31,32)23(16-28)14-19-17-30(21-4-2-1-3-5-21)29-26(19)18-6-11-24-25(15-18)34-13-12-33-24/h1-11,14-15,17H,12-13H2. The molecule has 35 heavy (non-hydrogen) atoms. The molecular weight excluding hydrogens is 469 g/mol. The molecule has 3 aromatic carbocycles. The molecule has 0 saturated carbocycles. The average Bonchev–Trinajstić information content (AvgIpc) is 3.31. The van der Waals surface area contributed by atoms with Crippen LogP contribution in [0, 0.1) is 17.1 Å². The number of rotatable bonds is 5. The molecule has 0 unspecified atom stereocenters. The molecule has 174 valence electrons. The predicted molar refractivity (Wildman–Crippen MR) is 127 cm³/mol. The summed E-state index contributed by atoms with van der Waals surface area (Å²) in [5.74, 6) is 0.588. The summed E-state index contributed by atoms with van der Waals surface area (Å²) < 4.78 is 52.4. The number of hydrogen-bond acceptors (Lipinski definition) is 6. The molecule has 0 radical (unpaired) electrons. The fraction of sp³-hybridized carbons (Fsp3) is 0.0769. The molecule has 0 saturated heterocycles. The number of fused-ring (bicyclic) bond motifs is 1. The van der Waals surface area contributed by atoms with Crippen LogP contribution in [0.2, 0.25) is 0 Å². The Hall–Kier alpha value is -4.42. The molecule has 2 heterocycles. The Kier molecular flexibility index (Phi) is 5.81. The van der Waals surface area contributed by atoms with Gasteiger partial charge in [0.2, 0.25) is 9.84 Å². The van der Waals surface area contributed by atoms with E-state index in [1.165, 1.54) is 6.08 Å². The first-order valence-corrected chi connectivity index (χ1v) is 12.1. The van der Waals surface area contributed by atoms with Gasteiger partial charge in [0.15, 0.2) is 11.5 Å². The molecule has 0 spiro atoms. The lowest BCUT2D eigenvalue weighted by Crippen LogP contribution is -2.15. The Balaban J connectivity index is 1.66. The molecule has 0 bridgehead atoms. The van der Waals surface area contributed by atoms with Crippen LogP contribution < -0.4 is 9.47 Å². The fourth-order valence-electron chi connectivity index (χ4n) is 3.67. The summed E-state index contributed by atoms with van der Waals surface area (Å²) in [7, 11) is -4.18. The summed E-state index contributed by atoms with van der Waals surface area (Å²) >= 11 is 0. The highest BCUT2D eigenvalue weighted by Gasteiger charge is 2.23. The van der Waals surface area contributed by atoms with E-state index in [2.05, 4.69) is 5.10 Å². The molecule has 0 amide bonds. The summed E-state index contributed by atoms with van der Waals surface area (Å²) in [4.78, 5) is -0.668. The van der Waals surface area contributed by atoms with Gasteiger partial charge in [-0.3, -0.25) is 0 Å². The highest BCUT2D eigenvalue weighted by atomic mass is 32.2. The van der Waals surface area contributed by atoms with E-state index < -0.39 is 20.6 Å². The van der Waals surface area contributed by atoms with Gasteiger partial charge in [-0.05, 0) is 60.7 Å². The number of nitriles is 1. The van der Waals surface area contributed by atoms with Gasteiger partial charge >= 0.3 is 0 Å². The van der Waals surface area contributed by atoms with Gasteiger partial charge in [-0.25, -0.2) is 17.5 Å². The van der Waals surface area contributed by atoms with Crippen molar-refractivity contribution in [2.75, 3.05) is 13.2 Å². The minimum absolute atomic E-state index is 0.178. The van der Waals surface area contributed by atoms with Crippen LogP contribution in [-0.2, 0) is 9.84 Å². The normalized spacial score (nSPS) is 13.3. The second-order valence-corrected chi connectivity index (χ2v) is 9.57. The van der Waals surface area contributed by atoms with Gasteiger partial charge in [-0.2, -0.15) is 10.4 Å². The zero-order chi connectivity index (χ0) is 24.4. The zero-order valence-electron chi connectivity index (χ0n) is 18.3. The third-order valence-corrected chi connectivity index (χ3v) is 7.07. The van der Waals surface area contributed by atoms with Crippen LogP contribution in [0.15, 0.2) is 88.8 Å². The number of nitrogens with zero attached hydrogens (tertiary/aromatic N) is 3. The second kappa shape index (κ2) is 9.08. The van der Waals surface area contributed by atoms with Crippen molar-refractivity contribution in [3.8, 4) is 34.5 Å². The number of sulfone groups is 1. The highest BCUT2D eigenvalue weighted by Crippen LogP contribution is 2.36. The highest BCUT2D eigenvalue weighted by molar-refractivity contribution is 7.95. The number of allylic oxidation sites excluding steroid dienone is 1. The molecule has 0 N–H and O–H groups in total. The fourth-order valence-corrected chi connectivity index (χ4v) is 4.82. The van der Waals surface area contributed by atoms with E-state index in [0.717, 1.165) is 30.0 Å². The summed E-state index contributed by atoms with van der Waals surface area (Å²) in [5.41, 5.74) is 2.28. The first kappa shape index (κ1) is 22.4. The quantitative estimate of drug-likeness (QED) is 0.297. The van der Waals surface area contributed by atoms with Crippen molar-refractivity contribution < 1.29 is 22.3 Å². The van der Waals surface area contributed by atoms with Crippen LogP contribution in [0.4, 0.5) is 4.39 Å². The molecule has 1 aliphatic rings. The molecule has 7 nitrogen and oxygen atoms in total. The second-order valence-electron chi connectivity index (χ2n) is 7.65. The Morgan fingerprint density at radius 1 is 1.00 bits per heavy atom. The van der Waals surface area contributed by atoms with Gasteiger partial charge in [0.05, 0.1) is 10.6 Å². The number of ether oxygens (including phenoxy) is 2. The number of para-hydroxylation sites is 1. The molecule has 0 fully saturated rings. The lowest BCUT2D eigenvalue weighted by atomic mass is 10.1. The maximum atomic E-state index is 13.3. The van der Waals surface area contributed by atoms with E-state index in [-0.39, 0.29) is 4.90 Å². The maximum Gasteiger partial charge on any atom is 0.216 e. The van der Waals surface area contributed by atoms with Crippen LogP contribution in [-0.4, -0.2) is 31.4 Å². The van der Waals surface area contributed by atoms with Crippen molar-refractivity contribution in [2.24, 2.45) is 0 Å². The van der Waals surface area contributed by atoms with Crippen molar-refractivity contribution in [3.05, 3.63) is 95.3 Å². The summed E-state index contributed by atoms with van der Waals surface area (Å²) in [6.45, 7) is 0.867. The van der Waals surface area contributed by atoms with Gasteiger partial charge < -0.3 is 9.47 Å². The van der Waals surface area contributed by atoms with Crippen molar-refractivity contribution in [1.82, 2.24) is 9.78 Å². The Morgan fingerprint density at radius 3 is 2.43 bits per heavy atom. The van der Waals surface area contributed by atoms with Gasteiger partial charge in [-0.1, -0.05) is 18.2 Å². The summed E-state index contributed by atoms with van der Waals surface area (Å²) in [6, 6.07) is 20.7.